The topological polar surface area (TPSA) is 0 Å². The summed E-state index contributed by atoms with van der Waals surface area (Å²) in [7, 11) is 0. The summed E-state index contributed by atoms with van der Waals surface area (Å²) in [6.45, 7) is 12.8. The van der Waals surface area contributed by atoms with E-state index in [1.165, 1.54) is 36.4 Å². The van der Waals surface area contributed by atoms with Gasteiger partial charge in [0.2, 0.25) is 0 Å². The maximum absolute atomic E-state index is 14.8. The Morgan fingerprint density at radius 3 is 1.38 bits per heavy atom. The van der Waals surface area contributed by atoms with Crippen LogP contribution in [0.3, 0.4) is 0 Å². The number of fused-ring (bicyclic) bond motifs is 3. The first-order valence-corrected chi connectivity index (χ1v) is 20.0. The summed E-state index contributed by atoms with van der Waals surface area (Å²) in [4.78, 5) is 0. The Kier molecular flexibility index (Phi) is 11.5. The van der Waals surface area contributed by atoms with Gasteiger partial charge in [0, 0.05) is 0 Å². The van der Waals surface area contributed by atoms with Gasteiger partial charge in [-0.15, -0.1) is 0 Å². The van der Waals surface area contributed by atoms with Crippen LogP contribution in [0.1, 0.15) is 96.1 Å². The van der Waals surface area contributed by atoms with E-state index in [-0.39, 0.29) is 53.6 Å². The van der Waals surface area contributed by atoms with Crippen molar-refractivity contribution in [3.63, 3.8) is 0 Å². The van der Waals surface area contributed by atoms with Gasteiger partial charge in [0.15, 0.2) is 0 Å². The van der Waals surface area contributed by atoms with Crippen LogP contribution in [0.2, 0.25) is 0 Å². The van der Waals surface area contributed by atoms with Crippen molar-refractivity contribution in [2.45, 2.75) is 74.8 Å². The monoisotopic (exact) mass is 804 g/mol. The van der Waals surface area contributed by atoms with Gasteiger partial charge in [0.25, 0.3) is 0 Å². The minimum atomic E-state index is -4.76. The summed E-state index contributed by atoms with van der Waals surface area (Å²) >= 11 is -3.87. The van der Waals surface area contributed by atoms with Gasteiger partial charge in [-0.2, -0.15) is 0 Å². The van der Waals surface area contributed by atoms with Crippen LogP contribution in [0.5, 0.6) is 0 Å². The molecular formula is C41H38Cl2F6Zr. The van der Waals surface area contributed by atoms with Crippen LogP contribution in [-0.4, -0.2) is 3.21 Å². The fraction of sp³-hybridized carbons (Fsp3) is 0.293. The molecule has 2 aliphatic rings. The molecule has 0 amide bonds. The zero-order valence-electron chi connectivity index (χ0n) is 28.6. The maximum atomic E-state index is 14.8. The van der Waals surface area contributed by atoms with Gasteiger partial charge in [0.1, 0.15) is 0 Å². The molecule has 0 heterocycles. The summed E-state index contributed by atoms with van der Waals surface area (Å²) < 4.78 is 89.8. The summed E-state index contributed by atoms with van der Waals surface area (Å²) in [6.07, 6.45) is -3.23. The van der Waals surface area contributed by atoms with Crippen LogP contribution in [0.4, 0.5) is 26.3 Å². The minimum Gasteiger partial charge on any atom is -1.00 e. The molecule has 0 bridgehead atoms. The molecule has 262 valence electrons. The van der Waals surface area contributed by atoms with E-state index in [1.807, 2.05) is 18.2 Å². The van der Waals surface area contributed by atoms with E-state index in [0.717, 1.165) is 48.8 Å². The predicted molar refractivity (Wildman–Crippen MR) is 179 cm³/mol. The van der Waals surface area contributed by atoms with Gasteiger partial charge in [-0.3, -0.25) is 0 Å². The van der Waals surface area contributed by atoms with Crippen molar-refractivity contribution in [1.29, 1.82) is 0 Å². The predicted octanol–water partition coefficient (Wildman–Crippen LogP) is 6.13. The SMILES string of the molecule is CC(C)(C)c1ccc2c(c1)-c1cc(C(C)(C)C)ccc1[CH]2[Zr+2]([C]1=CC=CC1)=[C](c1ccccc1C(F)(F)F)c1ccccc1C(F)(F)F.[Cl-].[Cl-]. The van der Waals surface area contributed by atoms with Gasteiger partial charge in [0.05, 0.1) is 0 Å². The number of hydrogen-bond donors (Lipinski definition) is 0. The van der Waals surface area contributed by atoms with E-state index in [1.54, 1.807) is 0 Å². The number of alkyl halides is 6. The van der Waals surface area contributed by atoms with E-state index < -0.39 is 44.7 Å². The molecule has 50 heavy (non-hydrogen) atoms. The molecule has 0 atom stereocenters. The quantitative estimate of drug-likeness (QED) is 0.218. The second-order valence-electron chi connectivity index (χ2n) is 14.7. The van der Waals surface area contributed by atoms with Crippen molar-refractivity contribution < 1.29 is 72.4 Å². The van der Waals surface area contributed by atoms with Gasteiger partial charge in [-0.1, -0.05) is 0 Å². The Bertz CT molecular complexity index is 1880. The average Bonchev–Trinajstić information content (AvgIpc) is 3.64. The van der Waals surface area contributed by atoms with Gasteiger partial charge in [-0.25, -0.2) is 0 Å². The zero-order valence-corrected chi connectivity index (χ0v) is 32.6. The van der Waals surface area contributed by atoms with Crippen molar-refractivity contribution in [2.24, 2.45) is 0 Å². The standard InChI is InChI=1S/C21H25.C15H8F6.C5H5.2ClH.Zr/c1-20(2,3)16-9-7-14-11-15-8-10-17(21(4,5)6)13-19(15)18(14)12-16;16-14(17,18)12-7-3-1-5-10(12)9-11-6-2-4-8-13(11)15(19,20)21;1-2-4-5-3-1;;;/h7-13H,1-6H3;1-8H;1-3H,4H2;2*1H;/q;;;;;+2/p-2. The first-order valence-electron chi connectivity index (χ1n) is 16.1. The summed E-state index contributed by atoms with van der Waals surface area (Å²) in [5.74, 6) is 0. The van der Waals surface area contributed by atoms with Gasteiger partial charge < -0.3 is 24.8 Å². The molecule has 0 aliphatic heterocycles. The molecule has 0 N–H and O–H groups in total. The Balaban J connectivity index is 0.00000281. The zero-order chi connectivity index (χ0) is 34.8. The van der Waals surface area contributed by atoms with Crippen molar-refractivity contribution >= 4 is 3.21 Å². The molecule has 0 saturated heterocycles. The van der Waals surface area contributed by atoms with Crippen LogP contribution in [0.15, 0.2) is 106 Å². The number of rotatable bonds is 4. The largest absolute Gasteiger partial charge is 1.00 e. The molecular weight excluding hydrogens is 769 g/mol. The third-order valence-corrected chi connectivity index (χ3v) is 17.6. The third-order valence-electron chi connectivity index (χ3n) is 9.43. The van der Waals surface area contributed by atoms with Gasteiger partial charge >= 0.3 is 288 Å². The number of allylic oxidation sites excluding steroid dienone is 4. The molecule has 0 unspecified atom stereocenters. The smallest absolute Gasteiger partial charge is 1.00 e. The Hall–Kier alpha value is -2.73. The van der Waals surface area contributed by atoms with Crippen LogP contribution in [-0.2, 0) is 44.4 Å². The molecule has 4 aromatic carbocycles. The Morgan fingerprint density at radius 1 is 0.600 bits per heavy atom. The summed E-state index contributed by atoms with van der Waals surface area (Å²) in [5.41, 5.74) is 3.79. The summed E-state index contributed by atoms with van der Waals surface area (Å²) in [5, 5.41) is 0. The number of benzene rings is 4. The third kappa shape index (κ3) is 7.57. The Labute approximate surface area is 310 Å². The summed E-state index contributed by atoms with van der Waals surface area (Å²) in [6, 6.07) is 23.1. The number of hydrogen-bond acceptors (Lipinski definition) is 0. The molecule has 0 radical (unpaired) electrons. The van der Waals surface area contributed by atoms with E-state index in [4.69, 9.17) is 0 Å². The molecule has 6 rings (SSSR count). The van der Waals surface area contributed by atoms with Crippen molar-refractivity contribution in [1.82, 2.24) is 0 Å². The Morgan fingerprint density at radius 2 is 1.02 bits per heavy atom. The molecule has 2 aliphatic carbocycles. The molecule has 4 aromatic rings. The van der Waals surface area contributed by atoms with Crippen LogP contribution < -0.4 is 24.8 Å². The van der Waals surface area contributed by atoms with E-state index in [0.29, 0.717) is 6.42 Å². The van der Waals surface area contributed by atoms with Crippen LogP contribution in [0, 0.1) is 0 Å². The fourth-order valence-electron chi connectivity index (χ4n) is 6.96. The molecule has 0 nitrogen and oxygen atoms in total. The maximum Gasteiger partial charge on any atom is -1.00 e. The van der Waals surface area contributed by atoms with Crippen molar-refractivity contribution in [3.8, 4) is 11.1 Å². The van der Waals surface area contributed by atoms with Crippen molar-refractivity contribution in [2.75, 3.05) is 0 Å². The van der Waals surface area contributed by atoms with Crippen molar-refractivity contribution in [3.05, 3.63) is 151 Å². The minimum absolute atomic E-state index is 0. The first kappa shape index (κ1) is 40.0. The van der Waals surface area contributed by atoms with E-state index in [2.05, 4.69) is 77.9 Å². The molecule has 0 spiro atoms. The second kappa shape index (κ2) is 14.4. The fourth-order valence-corrected chi connectivity index (χ4v) is 16.1. The van der Waals surface area contributed by atoms with Crippen LogP contribution >= 0.6 is 0 Å². The molecule has 9 heteroatoms. The second-order valence-corrected chi connectivity index (χ2v) is 21.0. The molecule has 0 fully saturated rings. The average molecular weight is 807 g/mol. The van der Waals surface area contributed by atoms with Gasteiger partial charge in [-0.05, 0) is 0 Å². The molecule has 0 aromatic heterocycles. The first-order chi connectivity index (χ1) is 22.4. The number of halogens is 8. The van der Waals surface area contributed by atoms with E-state index in [9.17, 15) is 26.3 Å². The normalized spacial score (nSPS) is 14.2. The molecule has 0 saturated carbocycles. The van der Waals surface area contributed by atoms with E-state index >= 15 is 0 Å². The van der Waals surface area contributed by atoms with Crippen LogP contribution in [0.25, 0.3) is 11.1 Å².